The molecule has 0 fully saturated rings. The fraction of sp³-hybridized carbons (Fsp3) is 0.0909. The molecule has 5 heteroatoms. The van der Waals surface area contributed by atoms with Gasteiger partial charge in [0.2, 0.25) is 5.95 Å². The van der Waals surface area contributed by atoms with E-state index in [9.17, 15) is 0 Å². The third-order valence-electron chi connectivity index (χ3n) is 2.09. The van der Waals surface area contributed by atoms with Crippen LogP contribution in [0.4, 0.5) is 11.8 Å². The van der Waals surface area contributed by atoms with Crippen LogP contribution in [0.1, 0.15) is 0 Å². The van der Waals surface area contributed by atoms with Crippen LogP contribution in [-0.2, 0) is 0 Å². The van der Waals surface area contributed by atoms with E-state index in [2.05, 4.69) is 31.2 Å². The first-order valence-corrected chi connectivity index (χ1v) is 5.56. The summed E-state index contributed by atoms with van der Waals surface area (Å²) in [7, 11) is 1.76. The van der Waals surface area contributed by atoms with Gasteiger partial charge in [-0.3, -0.25) is 0 Å². The summed E-state index contributed by atoms with van der Waals surface area (Å²) in [5.74, 6) is 0.976. The number of rotatable bonds is 2. The van der Waals surface area contributed by atoms with E-state index in [1.165, 1.54) is 0 Å². The Hall–Kier alpha value is -1.62. The zero-order valence-corrected chi connectivity index (χ0v) is 10.3. The molecule has 82 valence electrons. The number of anilines is 2. The Labute approximate surface area is 102 Å². The van der Waals surface area contributed by atoms with Crippen molar-refractivity contribution in [3.8, 4) is 11.3 Å². The number of hydrogen-bond donors (Lipinski definition) is 2. The highest BCUT2D eigenvalue weighted by atomic mass is 79.9. The predicted molar refractivity (Wildman–Crippen MR) is 69.1 cm³/mol. The van der Waals surface area contributed by atoms with Crippen LogP contribution >= 0.6 is 15.9 Å². The molecule has 0 amide bonds. The maximum absolute atomic E-state index is 5.71. The summed E-state index contributed by atoms with van der Waals surface area (Å²) in [5, 5.41) is 2.88. The van der Waals surface area contributed by atoms with Crippen LogP contribution in [-0.4, -0.2) is 17.0 Å². The standard InChI is InChI=1S/C11H11BrN4/c1-14-11-15-9(6-10(13)16-11)7-3-2-4-8(12)5-7/h2-6H,1H3,(H3,13,14,15,16). The van der Waals surface area contributed by atoms with Gasteiger partial charge < -0.3 is 11.1 Å². The van der Waals surface area contributed by atoms with Gasteiger partial charge in [-0.1, -0.05) is 28.1 Å². The molecule has 0 aliphatic heterocycles. The minimum absolute atomic E-state index is 0.453. The number of benzene rings is 1. The van der Waals surface area contributed by atoms with Gasteiger partial charge in [-0.05, 0) is 12.1 Å². The number of aromatic nitrogens is 2. The van der Waals surface area contributed by atoms with Gasteiger partial charge in [0.05, 0.1) is 5.69 Å². The second kappa shape index (κ2) is 4.49. The highest BCUT2D eigenvalue weighted by Crippen LogP contribution is 2.23. The molecule has 0 radical (unpaired) electrons. The Bertz CT molecular complexity index is 513. The summed E-state index contributed by atoms with van der Waals surface area (Å²) >= 11 is 3.42. The zero-order valence-electron chi connectivity index (χ0n) is 8.74. The van der Waals surface area contributed by atoms with Crippen molar-refractivity contribution >= 4 is 27.7 Å². The molecule has 0 saturated heterocycles. The minimum Gasteiger partial charge on any atom is -0.384 e. The van der Waals surface area contributed by atoms with Gasteiger partial charge >= 0.3 is 0 Å². The molecule has 3 N–H and O–H groups in total. The van der Waals surface area contributed by atoms with E-state index in [-0.39, 0.29) is 0 Å². The van der Waals surface area contributed by atoms with Crippen LogP contribution < -0.4 is 11.1 Å². The van der Waals surface area contributed by atoms with Crippen molar-refractivity contribution in [2.45, 2.75) is 0 Å². The van der Waals surface area contributed by atoms with Gasteiger partial charge in [0.25, 0.3) is 0 Å². The Morgan fingerprint density at radius 1 is 1.25 bits per heavy atom. The van der Waals surface area contributed by atoms with E-state index in [1.807, 2.05) is 24.3 Å². The van der Waals surface area contributed by atoms with Crippen molar-refractivity contribution in [2.75, 3.05) is 18.1 Å². The van der Waals surface area contributed by atoms with Gasteiger partial charge in [-0.2, -0.15) is 4.98 Å². The van der Waals surface area contributed by atoms with Crippen molar-refractivity contribution in [1.29, 1.82) is 0 Å². The smallest absolute Gasteiger partial charge is 0.224 e. The molecule has 0 spiro atoms. The minimum atomic E-state index is 0.453. The average Bonchev–Trinajstić information content (AvgIpc) is 2.28. The molecule has 4 nitrogen and oxygen atoms in total. The van der Waals surface area contributed by atoms with Crippen LogP contribution in [0.5, 0.6) is 0 Å². The molecule has 16 heavy (non-hydrogen) atoms. The lowest BCUT2D eigenvalue weighted by Gasteiger charge is -2.05. The van der Waals surface area contributed by atoms with Crippen LogP contribution in [0.3, 0.4) is 0 Å². The fourth-order valence-corrected chi connectivity index (χ4v) is 1.77. The molecule has 0 unspecified atom stereocenters. The lowest BCUT2D eigenvalue weighted by Crippen LogP contribution is -2.01. The van der Waals surface area contributed by atoms with Crippen LogP contribution in [0.2, 0.25) is 0 Å². The number of halogens is 1. The van der Waals surface area contributed by atoms with Gasteiger partial charge in [0.1, 0.15) is 5.82 Å². The Morgan fingerprint density at radius 3 is 2.75 bits per heavy atom. The lowest BCUT2D eigenvalue weighted by atomic mass is 10.1. The fourth-order valence-electron chi connectivity index (χ4n) is 1.37. The monoisotopic (exact) mass is 278 g/mol. The molecular formula is C11H11BrN4. The van der Waals surface area contributed by atoms with E-state index in [4.69, 9.17) is 5.73 Å². The largest absolute Gasteiger partial charge is 0.384 e. The second-order valence-electron chi connectivity index (χ2n) is 3.26. The molecule has 0 saturated carbocycles. The van der Waals surface area contributed by atoms with Crippen molar-refractivity contribution in [1.82, 2.24) is 9.97 Å². The van der Waals surface area contributed by atoms with Gasteiger partial charge in [-0.25, -0.2) is 4.98 Å². The highest BCUT2D eigenvalue weighted by molar-refractivity contribution is 9.10. The SMILES string of the molecule is CNc1nc(N)cc(-c2cccc(Br)c2)n1. The highest BCUT2D eigenvalue weighted by Gasteiger charge is 2.04. The number of hydrogen-bond acceptors (Lipinski definition) is 4. The molecule has 0 aliphatic carbocycles. The molecule has 2 rings (SSSR count). The first kappa shape index (κ1) is 10.9. The van der Waals surface area contributed by atoms with Gasteiger partial charge in [-0.15, -0.1) is 0 Å². The van der Waals surface area contributed by atoms with Gasteiger partial charge in [0.15, 0.2) is 0 Å². The average molecular weight is 279 g/mol. The summed E-state index contributed by atoms with van der Waals surface area (Å²) in [6, 6.07) is 9.64. The third kappa shape index (κ3) is 2.30. The quantitative estimate of drug-likeness (QED) is 0.886. The summed E-state index contributed by atoms with van der Waals surface area (Å²) in [6.07, 6.45) is 0. The van der Waals surface area contributed by atoms with Crippen molar-refractivity contribution in [2.24, 2.45) is 0 Å². The summed E-state index contributed by atoms with van der Waals surface area (Å²) in [6.45, 7) is 0. The molecule has 1 aromatic heterocycles. The number of nitrogens with one attached hydrogen (secondary N) is 1. The molecule has 0 aliphatic rings. The van der Waals surface area contributed by atoms with E-state index in [1.54, 1.807) is 13.1 Å². The number of nitrogens with zero attached hydrogens (tertiary/aromatic N) is 2. The normalized spacial score (nSPS) is 10.1. The summed E-state index contributed by atoms with van der Waals surface area (Å²) < 4.78 is 1.01. The molecular weight excluding hydrogens is 268 g/mol. The van der Waals surface area contributed by atoms with Crippen LogP contribution in [0, 0.1) is 0 Å². The van der Waals surface area contributed by atoms with E-state index >= 15 is 0 Å². The van der Waals surface area contributed by atoms with Crippen molar-refractivity contribution < 1.29 is 0 Å². The Kier molecular flexibility index (Phi) is 3.05. The van der Waals surface area contributed by atoms with E-state index in [0.717, 1.165) is 15.7 Å². The zero-order chi connectivity index (χ0) is 11.5. The topological polar surface area (TPSA) is 63.8 Å². The summed E-state index contributed by atoms with van der Waals surface area (Å²) in [5.41, 5.74) is 7.51. The molecule has 1 heterocycles. The Morgan fingerprint density at radius 2 is 2.06 bits per heavy atom. The first-order valence-electron chi connectivity index (χ1n) is 4.77. The van der Waals surface area contributed by atoms with Crippen LogP contribution in [0.15, 0.2) is 34.8 Å². The van der Waals surface area contributed by atoms with Crippen molar-refractivity contribution in [3.63, 3.8) is 0 Å². The molecule has 2 aromatic rings. The first-order chi connectivity index (χ1) is 7.69. The maximum Gasteiger partial charge on any atom is 0.224 e. The van der Waals surface area contributed by atoms with E-state index in [0.29, 0.717) is 11.8 Å². The van der Waals surface area contributed by atoms with Crippen molar-refractivity contribution in [3.05, 3.63) is 34.8 Å². The number of nitrogen functional groups attached to an aromatic ring is 1. The molecule has 0 bridgehead atoms. The summed E-state index contributed by atoms with van der Waals surface area (Å²) in [4.78, 5) is 8.38. The van der Waals surface area contributed by atoms with Crippen LogP contribution in [0.25, 0.3) is 11.3 Å². The van der Waals surface area contributed by atoms with Gasteiger partial charge in [0, 0.05) is 23.2 Å². The maximum atomic E-state index is 5.71. The number of nitrogens with two attached hydrogens (primary N) is 1. The Balaban J connectivity index is 2.51. The molecule has 0 atom stereocenters. The molecule has 1 aromatic carbocycles. The second-order valence-corrected chi connectivity index (χ2v) is 4.18. The lowest BCUT2D eigenvalue weighted by molar-refractivity contribution is 1.16. The van der Waals surface area contributed by atoms with E-state index < -0.39 is 0 Å². The third-order valence-corrected chi connectivity index (χ3v) is 2.58. The predicted octanol–water partition coefficient (Wildman–Crippen LogP) is 2.53.